The SMILES string of the molecule is Cc1ccc(SCCCCC(C)(O)CN)c(C)c1. The van der Waals surface area contributed by atoms with Gasteiger partial charge in [0.2, 0.25) is 0 Å². The van der Waals surface area contributed by atoms with E-state index >= 15 is 0 Å². The van der Waals surface area contributed by atoms with Crippen LogP contribution in [-0.4, -0.2) is 23.0 Å². The lowest BCUT2D eigenvalue weighted by molar-refractivity contribution is 0.0577. The van der Waals surface area contributed by atoms with Crippen LogP contribution in [0.1, 0.15) is 37.3 Å². The molecule has 3 heteroatoms. The molecule has 1 aromatic rings. The maximum absolute atomic E-state index is 9.78. The average Bonchev–Trinajstić information content (AvgIpc) is 2.31. The van der Waals surface area contributed by atoms with Crippen LogP contribution in [0.5, 0.6) is 0 Å². The van der Waals surface area contributed by atoms with E-state index in [4.69, 9.17) is 5.73 Å². The molecule has 0 radical (unpaired) electrons. The highest BCUT2D eigenvalue weighted by Gasteiger charge is 2.16. The first-order valence-electron chi connectivity index (χ1n) is 6.57. The van der Waals surface area contributed by atoms with Crippen molar-refractivity contribution < 1.29 is 5.11 Å². The van der Waals surface area contributed by atoms with Gasteiger partial charge >= 0.3 is 0 Å². The van der Waals surface area contributed by atoms with Crippen LogP contribution < -0.4 is 5.73 Å². The standard InChI is InChI=1S/C15H25NOS/c1-12-6-7-14(13(2)10-12)18-9-5-4-8-15(3,17)11-16/h6-7,10,17H,4-5,8-9,11,16H2,1-3H3. The summed E-state index contributed by atoms with van der Waals surface area (Å²) in [6.07, 6.45) is 2.94. The Hall–Kier alpha value is -0.510. The minimum absolute atomic E-state index is 0.344. The molecule has 0 saturated carbocycles. The number of thioether (sulfide) groups is 1. The monoisotopic (exact) mass is 267 g/mol. The van der Waals surface area contributed by atoms with Gasteiger partial charge in [-0.3, -0.25) is 0 Å². The molecule has 0 aliphatic rings. The lowest BCUT2D eigenvalue weighted by Gasteiger charge is -2.20. The quantitative estimate of drug-likeness (QED) is 0.589. The molecule has 18 heavy (non-hydrogen) atoms. The van der Waals surface area contributed by atoms with E-state index in [-0.39, 0.29) is 0 Å². The van der Waals surface area contributed by atoms with Crippen molar-refractivity contribution in [3.63, 3.8) is 0 Å². The summed E-state index contributed by atoms with van der Waals surface area (Å²) in [5, 5.41) is 9.78. The van der Waals surface area contributed by atoms with Crippen molar-refractivity contribution in [1.82, 2.24) is 0 Å². The number of aryl methyl sites for hydroxylation is 2. The van der Waals surface area contributed by atoms with Crippen LogP contribution in [0, 0.1) is 13.8 Å². The van der Waals surface area contributed by atoms with Crippen LogP contribution >= 0.6 is 11.8 Å². The third-order valence-corrected chi connectivity index (χ3v) is 4.40. The molecule has 1 aromatic carbocycles. The number of hydrogen-bond acceptors (Lipinski definition) is 3. The summed E-state index contributed by atoms with van der Waals surface area (Å²) in [6.45, 7) is 6.44. The highest BCUT2D eigenvalue weighted by Crippen LogP contribution is 2.24. The Kier molecular flexibility index (Phi) is 6.19. The van der Waals surface area contributed by atoms with Crippen LogP contribution in [0.2, 0.25) is 0 Å². The molecule has 0 aliphatic heterocycles. The molecular formula is C15H25NOS. The zero-order valence-electron chi connectivity index (χ0n) is 11.7. The molecule has 0 aliphatic carbocycles. The van der Waals surface area contributed by atoms with Crippen LogP contribution in [0.25, 0.3) is 0 Å². The third kappa shape index (κ3) is 5.42. The van der Waals surface area contributed by atoms with Gasteiger partial charge in [-0.25, -0.2) is 0 Å². The summed E-state index contributed by atoms with van der Waals surface area (Å²) in [6, 6.07) is 6.58. The third-order valence-electron chi connectivity index (χ3n) is 3.14. The van der Waals surface area contributed by atoms with E-state index in [1.165, 1.54) is 16.0 Å². The molecule has 0 saturated heterocycles. The Bertz CT molecular complexity index is 377. The van der Waals surface area contributed by atoms with Crippen LogP contribution in [0.4, 0.5) is 0 Å². The first kappa shape index (κ1) is 15.5. The zero-order valence-corrected chi connectivity index (χ0v) is 12.5. The summed E-state index contributed by atoms with van der Waals surface area (Å²) in [5.74, 6) is 1.10. The highest BCUT2D eigenvalue weighted by molar-refractivity contribution is 7.99. The van der Waals surface area contributed by atoms with Crippen molar-refractivity contribution in [3.05, 3.63) is 29.3 Å². The second-order valence-electron chi connectivity index (χ2n) is 5.28. The van der Waals surface area contributed by atoms with Crippen molar-refractivity contribution in [2.75, 3.05) is 12.3 Å². The fraction of sp³-hybridized carbons (Fsp3) is 0.600. The lowest BCUT2D eigenvalue weighted by atomic mass is 10.00. The fourth-order valence-electron chi connectivity index (χ4n) is 1.85. The number of benzene rings is 1. The van der Waals surface area contributed by atoms with E-state index in [0.29, 0.717) is 6.54 Å². The Balaban J connectivity index is 2.26. The molecule has 2 nitrogen and oxygen atoms in total. The number of rotatable bonds is 7. The Morgan fingerprint density at radius 2 is 2.00 bits per heavy atom. The van der Waals surface area contributed by atoms with E-state index in [1.807, 2.05) is 18.7 Å². The molecule has 0 aromatic heterocycles. The zero-order chi connectivity index (χ0) is 13.6. The van der Waals surface area contributed by atoms with E-state index in [0.717, 1.165) is 25.0 Å². The van der Waals surface area contributed by atoms with E-state index in [2.05, 4.69) is 32.0 Å². The van der Waals surface area contributed by atoms with Gasteiger partial charge in [0.05, 0.1) is 5.60 Å². The number of hydrogen-bond donors (Lipinski definition) is 2. The van der Waals surface area contributed by atoms with Gasteiger partial charge in [0.1, 0.15) is 0 Å². The average molecular weight is 267 g/mol. The molecule has 0 bridgehead atoms. The Morgan fingerprint density at radius 1 is 1.28 bits per heavy atom. The first-order chi connectivity index (χ1) is 8.44. The summed E-state index contributed by atoms with van der Waals surface area (Å²) < 4.78 is 0. The molecule has 1 rings (SSSR count). The minimum atomic E-state index is -0.690. The summed E-state index contributed by atoms with van der Waals surface area (Å²) in [7, 11) is 0. The smallest absolute Gasteiger partial charge is 0.0741 e. The second kappa shape index (κ2) is 7.17. The van der Waals surface area contributed by atoms with Gasteiger partial charge in [0.25, 0.3) is 0 Å². The molecule has 3 N–H and O–H groups in total. The summed E-state index contributed by atoms with van der Waals surface area (Å²) in [4.78, 5) is 1.37. The van der Waals surface area contributed by atoms with Crippen molar-refractivity contribution >= 4 is 11.8 Å². The number of unbranched alkanes of at least 4 members (excludes halogenated alkanes) is 1. The maximum Gasteiger partial charge on any atom is 0.0741 e. The second-order valence-corrected chi connectivity index (χ2v) is 6.41. The molecule has 0 amide bonds. The van der Waals surface area contributed by atoms with E-state index in [1.54, 1.807) is 0 Å². The number of nitrogens with two attached hydrogens (primary N) is 1. The van der Waals surface area contributed by atoms with Crippen LogP contribution in [0.3, 0.4) is 0 Å². The molecule has 0 heterocycles. The topological polar surface area (TPSA) is 46.2 Å². The van der Waals surface area contributed by atoms with Gasteiger partial charge in [-0.15, -0.1) is 11.8 Å². The predicted octanol–water partition coefficient (Wildman–Crippen LogP) is 3.28. The molecule has 1 atom stereocenters. The van der Waals surface area contributed by atoms with Gasteiger partial charge < -0.3 is 10.8 Å². The highest BCUT2D eigenvalue weighted by atomic mass is 32.2. The van der Waals surface area contributed by atoms with Gasteiger partial charge in [0.15, 0.2) is 0 Å². The molecule has 102 valence electrons. The van der Waals surface area contributed by atoms with Gasteiger partial charge in [-0.2, -0.15) is 0 Å². The lowest BCUT2D eigenvalue weighted by Crippen LogP contribution is -2.33. The minimum Gasteiger partial charge on any atom is -0.389 e. The molecule has 0 fully saturated rings. The molecular weight excluding hydrogens is 242 g/mol. The van der Waals surface area contributed by atoms with Crippen LogP contribution in [-0.2, 0) is 0 Å². The Morgan fingerprint density at radius 3 is 2.61 bits per heavy atom. The first-order valence-corrected chi connectivity index (χ1v) is 7.56. The fourth-order valence-corrected chi connectivity index (χ4v) is 2.87. The van der Waals surface area contributed by atoms with E-state index < -0.39 is 5.60 Å². The molecule has 0 spiro atoms. The summed E-state index contributed by atoms with van der Waals surface area (Å²) >= 11 is 1.90. The van der Waals surface area contributed by atoms with Crippen molar-refractivity contribution in [2.45, 2.75) is 50.5 Å². The predicted molar refractivity (Wildman–Crippen MR) is 80.2 cm³/mol. The van der Waals surface area contributed by atoms with Crippen molar-refractivity contribution in [2.24, 2.45) is 5.73 Å². The molecule has 1 unspecified atom stereocenters. The van der Waals surface area contributed by atoms with Gasteiger partial charge in [0, 0.05) is 11.4 Å². The van der Waals surface area contributed by atoms with Crippen molar-refractivity contribution in [3.8, 4) is 0 Å². The van der Waals surface area contributed by atoms with Crippen LogP contribution in [0.15, 0.2) is 23.1 Å². The van der Waals surface area contributed by atoms with Gasteiger partial charge in [-0.05, 0) is 57.4 Å². The summed E-state index contributed by atoms with van der Waals surface area (Å²) in [5.41, 5.74) is 7.47. The van der Waals surface area contributed by atoms with Crippen molar-refractivity contribution in [1.29, 1.82) is 0 Å². The van der Waals surface area contributed by atoms with E-state index in [9.17, 15) is 5.11 Å². The Labute approximate surface area is 115 Å². The normalized spacial score (nSPS) is 14.5. The maximum atomic E-state index is 9.78. The number of aliphatic hydroxyl groups is 1. The largest absolute Gasteiger partial charge is 0.389 e. The van der Waals surface area contributed by atoms with Gasteiger partial charge in [-0.1, -0.05) is 17.7 Å².